The number of carbonyl (C=O) groups is 1. The average Bonchev–Trinajstić information content (AvgIpc) is 2.76. The van der Waals surface area contributed by atoms with Crippen LogP contribution in [0.1, 0.15) is 69.9 Å². The number of benzene rings is 2. The molecule has 2 rings (SSSR count). The Labute approximate surface area is 195 Å². The summed E-state index contributed by atoms with van der Waals surface area (Å²) < 4.78 is 12.1. The van der Waals surface area contributed by atoms with E-state index in [2.05, 4.69) is 31.2 Å². The second-order valence-corrected chi connectivity index (χ2v) is 9.34. The van der Waals surface area contributed by atoms with E-state index in [9.17, 15) is 4.79 Å². The maximum Gasteiger partial charge on any atom is 0.364 e. The Morgan fingerprint density at radius 2 is 1.50 bits per heavy atom. The van der Waals surface area contributed by atoms with Gasteiger partial charge in [-0.3, -0.25) is 0 Å². The number of nitrogens with zero attached hydrogens (tertiary/aromatic N) is 1. The lowest BCUT2D eigenvalue weighted by Crippen LogP contribution is -2.44. The van der Waals surface area contributed by atoms with Gasteiger partial charge in [0.1, 0.15) is 12.3 Å². The number of hydrogen-bond donors (Lipinski definition) is 0. The molecule has 2 aromatic carbocycles. The van der Waals surface area contributed by atoms with Gasteiger partial charge in [0.15, 0.2) is 6.54 Å². The Balaban J connectivity index is 1.76. The van der Waals surface area contributed by atoms with E-state index in [-0.39, 0.29) is 5.97 Å². The standard InChI is InChI=1S/C28H42NO3/c1-5-7-8-9-10-12-15-24-18-20-26(21-19-24)31-28(6-2)32-27(30)23-29(3,4)22-25-16-13-11-14-17-25/h11,13-14,16-21,28H,5-10,12,15,22-23H2,1-4H3/q+1. The average molecular weight is 441 g/mol. The number of quaternary nitrogens is 1. The number of esters is 1. The summed E-state index contributed by atoms with van der Waals surface area (Å²) in [4.78, 5) is 12.6. The second-order valence-electron chi connectivity index (χ2n) is 9.34. The van der Waals surface area contributed by atoms with Crippen molar-refractivity contribution in [2.75, 3.05) is 20.6 Å². The van der Waals surface area contributed by atoms with Crippen LogP contribution < -0.4 is 4.74 Å². The van der Waals surface area contributed by atoms with Crippen LogP contribution in [0.25, 0.3) is 0 Å². The van der Waals surface area contributed by atoms with Crippen molar-refractivity contribution < 1.29 is 18.8 Å². The van der Waals surface area contributed by atoms with Crippen molar-refractivity contribution in [1.29, 1.82) is 0 Å². The van der Waals surface area contributed by atoms with Gasteiger partial charge in [0, 0.05) is 12.0 Å². The third kappa shape index (κ3) is 10.3. The quantitative estimate of drug-likeness (QED) is 0.137. The highest BCUT2D eigenvalue weighted by Gasteiger charge is 2.24. The monoisotopic (exact) mass is 440 g/mol. The largest absolute Gasteiger partial charge is 0.455 e. The van der Waals surface area contributed by atoms with E-state index in [4.69, 9.17) is 9.47 Å². The summed E-state index contributed by atoms with van der Waals surface area (Å²) >= 11 is 0. The van der Waals surface area contributed by atoms with Gasteiger partial charge in [-0.25, -0.2) is 4.79 Å². The molecule has 0 aliphatic carbocycles. The number of hydrogen-bond acceptors (Lipinski definition) is 3. The van der Waals surface area contributed by atoms with Gasteiger partial charge < -0.3 is 14.0 Å². The summed E-state index contributed by atoms with van der Waals surface area (Å²) in [5.74, 6) is 0.506. The molecule has 176 valence electrons. The highest BCUT2D eigenvalue weighted by atomic mass is 16.7. The van der Waals surface area contributed by atoms with E-state index >= 15 is 0 Å². The molecule has 0 bridgehead atoms. The molecule has 0 amide bonds. The SMILES string of the molecule is CCCCCCCCc1ccc(OC(CC)OC(=O)C[N+](C)(C)Cc2ccccc2)cc1. The smallest absolute Gasteiger partial charge is 0.364 e. The fourth-order valence-corrected chi connectivity index (χ4v) is 3.85. The summed E-state index contributed by atoms with van der Waals surface area (Å²) in [5.41, 5.74) is 2.53. The van der Waals surface area contributed by atoms with Gasteiger partial charge in [-0.1, -0.05) is 88.4 Å². The van der Waals surface area contributed by atoms with Gasteiger partial charge in [0.25, 0.3) is 0 Å². The molecule has 0 heterocycles. The molecule has 32 heavy (non-hydrogen) atoms. The Morgan fingerprint density at radius 3 is 2.16 bits per heavy atom. The lowest BCUT2D eigenvalue weighted by atomic mass is 10.0. The van der Waals surface area contributed by atoms with Crippen LogP contribution >= 0.6 is 0 Å². The number of aryl methyl sites for hydroxylation is 1. The van der Waals surface area contributed by atoms with Gasteiger partial charge >= 0.3 is 5.97 Å². The topological polar surface area (TPSA) is 35.5 Å². The zero-order valence-corrected chi connectivity index (χ0v) is 20.5. The molecule has 0 spiro atoms. The Bertz CT molecular complexity index is 771. The van der Waals surface area contributed by atoms with E-state index < -0.39 is 6.29 Å². The first-order chi connectivity index (χ1) is 15.4. The molecular weight excluding hydrogens is 398 g/mol. The molecule has 2 aromatic rings. The van der Waals surface area contributed by atoms with E-state index in [1.807, 2.05) is 51.4 Å². The predicted molar refractivity (Wildman–Crippen MR) is 131 cm³/mol. The zero-order chi connectivity index (χ0) is 23.2. The van der Waals surface area contributed by atoms with E-state index in [0.29, 0.717) is 17.4 Å². The van der Waals surface area contributed by atoms with Gasteiger partial charge in [-0.05, 0) is 30.5 Å². The van der Waals surface area contributed by atoms with Crippen molar-refractivity contribution in [3.63, 3.8) is 0 Å². The molecule has 1 atom stereocenters. The summed E-state index contributed by atoms with van der Waals surface area (Å²) in [6, 6.07) is 18.4. The molecule has 0 saturated heterocycles. The van der Waals surface area contributed by atoms with E-state index in [1.165, 1.54) is 49.7 Å². The van der Waals surface area contributed by atoms with E-state index in [0.717, 1.165) is 18.7 Å². The molecule has 0 aromatic heterocycles. The summed E-state index contributed by atoms with van der Waals surface area (Å²) in [7, 11) is 4.08. The van der Waals surface area contributed by atoms with Crippen LogP contribution in [0.2, 0.25) is 0 Å². The summed E-state index contributed by atoms with van der Waals surface area (Å²) in [5, 5.41) is 0. The fourth-order valence-electron chi connectivity index (χ4n) is 3.85. The van der Waals surface area contributed by atoms with Crippen molar-refractivity contribution in [1.82, 2.24) is 0 Å². The molecule has 0 N–H and O–H groups in total. The van der Waals surface area contributed by atoms with E-state index in [1.54, 1.807) is 0 Å². The molecule has 0 saturated carbocycles. The molecule has 4 heteroatoms. The summed E-state index contributed by atoms with van der Waals surface area (Å²) in [6.45, 7) is 5.29. The minimum absolute atomic E-state index is 0.238. The van der Waals surface area contributed by atoms with Crippen molar-refractivity contribution in [2.24, 2.45) is 0 Å². The first-order valence-electron chi connectivity index (χ1n) is 12.2. The molecule has 4 nitrogen and oxygen atoms in total. The third-order valence-electron chi connectivity index (χ3n) is 5.62. The lowest BCUT2D eigenvalue weighted by molar-refractivity contribution is -0.896. The second kappa shape index (κ2) is 13.9. The summed E-state index contributed by atoms with van der Waals surface area (Å²) in [6.07, 6.45) is 9.00. The molecular formula is C28H42NO3+. The zero-order valence-electron chi connectivity index (χ0n) is 20.5. The van der Waals surface area contributed by atoms with Crippen LogP contribution in [0, 0.1) is 0 Å². The minimum Gasteiger partial charge on any atom is -0.455 e. The number of unbranched alkanes of at least 4 members (excludes halogenated alkanes) is 5. The maximum absolute atomic E-state index is 12.6. The van der Waals surface area contributed by atoms with Crippen LogP contribution in [0.4, 0.5) is 0 Å². The lowest BCUT2D eigenvalue weighted by Gasteiger charge is -2.29. The Kier molecular flexibility index (Phi) is 11.3. The van der Waals surface area contributed by atoms with Gasteiger partial charge in [-0.2, -0.15) is 0 Å². The number of carbonyl (C=O) groups excluding carboxylic acids is 1. The van der Waals surface area contributed by atoms with Gasteiger partial charge in [-0.15, -0.1) is 0 Å². The van der Waals surface area contributed by atoms with Crippen LogP contribution in [-0.2, 0) is 22.5 Å². The Morgan fingerprint density at radius 1 is 0.844 bits per heavy atom. The fraction of sp³-hybridized carbons (Fsp3) is 0.536. The molecule has 0 radical (unpaired) electrons. The molecule has 0 fully saturated rings. The number of ether oxygens (including phenoxy) is 2. The number of likely N-dealkylation sites (N-methyl/N-ethyl adjacent to an activating group) is 1. The van der Waals surface area contributed by atoms with Crippen molar-refractivity contribution in [3.05, 3.63) is 65.7 Å². The predicted octanol–water partition coefficient (Wildman–Crippen LogP) is 6.52. The molecule has 0 aliphatic heterocycles. The first-order valence-corrected chi connectivity index (χ1v) is 12.2. The van der Waals surface area contributed by atoms with Crippen molar-refractivity contribution in [2.45, 2.75) is 78.0 Å². The highest BCUT2D eigenvalue weighted by molar-refractivity contribution is 5.70. The first kappa shape index (κ1) is 25.9. The Hall–Kier alpha value is -2.33. The normalized spacial score (nSPS) is 12.4. The van der Waals surface area contributed by atoms with Gasteiger partial charge in [0.2, 0.25) is 6.29 Å². The van der Waals surface area contributed by atoms with Crippen molar-refractivity contribution >= 4 is 5.97 Å². The third-order valence-corrected chi connectivity index (χ3v) is 5.62. The number of rotatable bonds is 15. The highest BCUT2D eigenvalue weighted by Crippen LogP contribution is 2.18. The minimum atomic E-state index is -0.566. The van der Waals surface area contributed by atoms with Crippen molar-refractivity contribution in [3.8, 4) is 5.75 Å². The molecule has 0 aliphatic rings. The van der Waals surface area contributed by atoms with Gasteiger partial charge in [0.05, 0.1) is 14.1 Å². The van der Waals surface area contributed by atoms with Crippen LogP contribution in [0.15, 0.2) is 54.6 Å². The van der Waals surface area contributed by atoms with Crippen LogP contribution in [0.3, 0.4) is 0 Å². The maximum atomic E-state index is 12.6. The molecule has 1 unspecified atom stereocenters. The van der Waals surface area contributed by atoms with Crippen LogP contribution in [0.5, 0.6) is 5.75 Å². The van der Waals surface area contributed by atoms with Crippen LogP contribution in [-0.4, -0.2) is 37.4 Å².